The number of Topliss-reactive ketones (excluding diaryl/α,β-unsaturated/α-hetero) is 2. The zero-order chi connectivity index (χ0) is 18.1. The molecule has 0 unspecified atom stereocenters. The Morgan fingerprint density at radius 2 is 1.38 bits per heavy atom. The minimum atomic E-state index is -1.42. The zero-order valence-corrected chi connectivity index (χ0v) is 14.5. The maximum Gasteiger partial charge on any atom is 0.201 e. The van der Waals surface area contributed by atoms with Crippen molar-refractivity contribution in [2.75, 3.05) is 5.32 Å². The van der Waals surface area contributed by atoms with E-state index < -0.39 is 5.54 Å². The lowest BCUT2D eigenvalue weighted by atomic mass is 9.84. The van der Waals surface area contributed by atoms with Gasteiger partial charge in [0, 0.05) is 16.8 Å². The monoisotopic (exact) mass is 341 g/mol. The Labute approximate surface area is 152 Å². The molecule has 128 valence electrons. The molecule has 3 aromatic rings. The van der Waals surface area contributed by atoms with Crippen molar-refractivity contribution in [2.24, 2.45) is 0 Å². The number of carbonyl (C=O) groups is 2. The second-order valence-electron chi connectivity index (χ2n) is 6.50. The van der Waals surface area contributed by atoms with Gasteiger partial charge in [-0.1, -0.05) is 73.7 Å². The van der Waals surface area contributed by atoms with Crippen LogP contribution in [0.4, 0.5) is 5.69 Å². The van der Waals surface area contributed by atoms with Crippen molar-refractivity contribution < 1.29 is 9.59 Å². The van der Waals surface area contributed by atoms with Gasteiger partial charge in [-0.3, -0.25) is 9.59 Å². The van der Waals surface area contributed by atoms with Crippen LogP contribution in [-0.2, 0) is 12.0 Å². The van der Waals surface area contributed by atoms with Gasteiger partial charge in [0.15, 0.2) is 5.54 Å². The standard InChI is InChI=1S/C23H19NO2/c1-2-16-9-8-12-18(15-16)24-23(17-10-4-3-5-11-17)21(25)19-13-6-7-14-20(19)22(23)26/h3-15,24H,2H2,1H3. The first-order valence-corrected chi connectivity index (χ1v) is 8.78. The molecule has 0 fully saturated rings. The average molecular weight is 341 g/mol. The second-order valence-corrected chi connectivity index (χ2v) is 6.50. The van der Waals surface area contributed by atoms with E-state index in [9.17, 15) is 9.59 Å². The Hall–Kier alpha value is -3.20. The van der Waals surface area contributed by atoms with Crippen LogP contribution in [0.15, 0.2) is 78.9 Å². The number of hydrogen-bond acceptors (Lipinski definition) is 3. The third-order valence-electron chi connectivity index (χ3n) is 4.97. The topological polar surface area (TPSA) is 46.2 Å². The molecule has 0 radical (unpaired) electrons. The van der Waals surface area contributed by atoms with Gasteiger partial charge in [0.25, 0.3) is 0 Å². The number of aryl methyl sites for hydroxylation is 1. The minimum Gasteiger partial charge on any atom is -0.363 e. The van der Waals surface area contributed by atoms with Gasteiger partial charge in [-0.05, 0) is 29.7 Å². The van der Waals surface area contributed by atoms with E-state index in [0.29, 0.717) is 16.7 Å². The van der Waals surface area contributed by atoms with E-state index >= 15 is 0 Å². The minimum absolute atomic E-state index is 0.203. The highest BCUT2D eigenvalue weighted by Crippen LogP contribution is 2.40. The predicted molar refractivity (Wildman–Crippen MR) is 103 cm³/mol. The van der Waals surface area contributed by atoms with Crippen LogP contribution in [0, 0.1) is 0 Å². The van der Waals surface area contributed by atoms with Crippen molar-refractivity contribution >= 4 is 17.3 Å². The lowest BCUT2D eigenvalue weighted by molar-refractivity contribution is 0.0819. The summed E-state index contributed by atoms with van der Waals surface area (Å²) in [7, 11) is 0. The summed E-state index contributed by atoms with van der Waals surface area (Å²) in [4.78, 5) is 26.8. The van der Waals surface area contributed by atoms with E-state index in [1.54, 1.807) is 24.3 Å². The van der Waals surface area contributed by atoms with Gasteiger partial charge >= 0.3 is 0 Å². The summed E-state index contributed by atoms with van der Waals surface area (Å²) < 4.78 is 0. The van der Waals surface area contributed by atoms with Gasteiger partial charge in [0.05, 0.1) is 0 Å². The van der Waals surface area contributed by atoms with Crippen molar-refractivity contribution in [3.8, 4) is 0 Å². The quantitative estimate of drug-likeness (QED) is 0.704. The van der Waals surface area contributed by atoms with Crippen molar-refractivity contribution in [1.29, 1.82) is 0 Å². The molecule has 1 aliphatic rings. The third-order valence-corrected chi connectivity index (χ3v) is 4.97. The highest BCUT2D eigenvalue weighted by Gasteiger charge is 2.54. The number of anilines is 1. The molecule has 3 nitrogen and oxygen atoms in total. The van der Waals surface area contributed by atoms with E-state index in [0.717, 1.165) is 17.7 Å². The molecule has 3 aromatic carbocycles. The van der Waals surface area contributed by atoms with E-state index in [1.165, 1.54) is 0 Å². The van der Waals surface area contributed by atoms with Gasteiger partial charge < -0.3 is 5.32 Å². The van der Waals surface area contributed by atoms with Gasteiger partial charge in [0.2, 0.25) is 11.6 Å². The Kier molecular flexibility index (Phi) is 3.92. The summed E-state index contributed by atoms with van der Waals surface area (Å²) in [6.07, 6.45) is 0.885. The van der Waals surface area contributed by atoms with Gasteiger partial charge in [-0.15, -0.1) is 0 Å². The van der Waals surface area contributed by atoms with Crippen molar-refractivity contribution in [3.05, 3.63) is 101 Å². The zero-order valence-electron chi connectivity index (χ0n) is 14.5. The third kappa shape index (κ3) is 2.36. The molecule has 4 rings (SSSR count). The van der Waals surface area contributed by atoms with E-state index in [1.807, 2.05) is 54.6 Å². The summed E-state index contributed by atoms with van der Waals surface area (Å²) in [5, 5.41) is 3.29. The van der Waals surface area contributed by atoms with Crippen molar-refractivity contribution in [3.63, 3.8) is 0 Å². The van der Waals surface area contributed by atoms with Crippen LogP contribution in [0.1, 0.15) is 38.8 Å². The number of rotatable bonds is 4. The summed E-state index contributed by atoms with van der Waals surface area (Å²) in [5.41, 5.74) is 2.10. The Morgan fingerprint density at radius 1 is 0.769 bits per heavy atom. The Bertz CT molecular complexity index is 957. The number of hydrogen-bond donors (Lipinski definition) is 1. The number of fused-ring (bicyclic) bond motifs is 1. The van der Waals surface area contributed by atoms with Gasteiger partial charge in [-0.25, -0.2) is 0 Å². The SMILES string of the molecule is CCc1cccc(NC2(c3ccccc3)C(=O)c3ccccc3C2=O)c1. The van der Waals surface area contributed by atoms with Crippen LogP contribution in [-0.4, -0.2) is 11.6 Å². The first-order valence-electron chi connectivity index (χ1n) is 8.78. The second kappa shape index (κ2) is 6.26. The summed E-state index contributed by atoms with van der Waals surface area (Å²) in [5.74, 6) is -0.405. The van der Waals surface area contributed by atoms with E-state index in [-0.39, 0.29) is 11.6 Å². The molecule has 0 aliphatic heterocycles. The molecule has 0 spiro atoms. The molecule has 0 saturated heterocycles. The Balaban J connectivity index is 1.90. The molecule has 26 heavy (non-hydrogen) atoms. The maximum atomic E-state index is 13.4. The molecule has 0 amide bonds. The largest absolute Gasteiger partial charge is 0.363 e. The molecular formula is C23H19NO2. The predicted octanol–water partition coefficient (Wildman–Crippen LogP) is 4.64. The summed E-state index contributed by atoms with van der Waals surface area (Å²) in [6.45, 7) is 2.08. The normalized spacial score (nSPS) is 15.0. The molecule has 0 heterocycles. The smallest absolute Gasteiger partial charge is 0.201 e. The fourth-order valence-corrected chi connectivity index (χ4v) is 3.61. The van der Waals surface area contributed by atoms with Crippen LogP contribution >= 0.6 is 0 Å². The molecule has 0 bridgehead atoms. The number of ketones is 2. The van der Waals surface area contributed by atoms with Crippen LogP contribution < -0.4 is 5.32 Å². The average Bonchev–Trinajstić information content (AvgIpc) is 2.92. The highest BCUT2D eigenvalue weighted by molar-refractivity contribution is 6.34. The highest BCUT2D eigenvalue weighted by atomic mass is 16.2. The fourth-order valence-electron chi connectivity index (χ4n) is 3.61. The molecular weight excluding hydrogens is 322 g/mol. The van der Waals surface area contributed by atoms with Crippen LogP contribution in [0.25, 0.3) is 0 Å². The lowest BCUT2D eigenvalue weighted by Crippen LogP contribution is -2.46. The summed E-state index contributed by atoms with van der Waals surface area (Å²) >= 11 is 0. The maximum absolute atomic E-state index is 13.4. The molecule has 0 saturated carbocycles. The first-order chi connectivity index (χ1) is 12.7. The van der Waals surface area contributed by atoms with Crippen molar-refractivity contribution in [2.45, 2.75) is 18.9 Å². The number of carbonyl (C=O) groups excluding carboxylic acids is 2. The molecule has 0 atom stereocenters. The van der Waals surface area contributed by atoms with Gasteiger partial charge in [0.1, 0.15) is 0 Å². The fraction of sp³-hybridized carbons (Fsp3) is 0.130. The van der Waals surface area contributed by atoms with E-state index in [4.69, 9.17) is 0 Å². The van der Waals surface area contributed by atoms with Crippen LogP contribution in [0.5, 0.6) is 0 Å². The van der Waals surface area contributed by atoms with Crippen molar-refractivity contribution in [1.82, 2.24) is 0 Å². The number of benzene rings is 3. The van der Waals surface area contributed by atoms with Crippen LogP contribution in [0.3, 0.4) is 0 Å². The van der Waals surface area contributed by atoms with Gasteiger partial charge in [-0.2, -0.15) is 0 Å². The molecule has 1 N–H and O–H groups in total. The molecule has 1 aliphatic carbocycles. The van der Waals surface area contributed by atoms with Crippen LogP contribution in [0.2, 0.25) is 0 Å². The summed E-state index contributed by atoms with van der Waals surface area (Å²) in [6, 6.07) is 24.2. The molecule has 0 aromatic heterocycles. The first kappa shape index (κ1) is 16.3. The lowest BCUT2D eigenvalue weighted by Gasteiger charge is -2.29. The van der Waals surface area contributed by atoms with E-state index in [2.05, 4.69) is 12.2 Å². The Morgan fingerprint density at radius 3 is 2.00 bits per heavy atom. The number of nitrogens with one attached hydrogen (secondary N) is 1. The molecule has 3 heteroatoms.